The first-order chi connectivity index (χ1) is 6.38. The molecule has 1 radical (unpaired) electrons. The number of carbonyl (C=O) groups is 1. The molecule has 0 saturated carbocycles. The van der Waals surface area contributed by atoms with Crippen LogP contribution in [0.5, 0.6) is 0 Å². The molecule has 14 heavy (non-hydrogen) atoms. The first kappa shape index (κ1) is 12.0. The van der Waals surface area contributed by atoms with E-state index in [4.69, 9.17) is 11.6 Å². The van der Waals surface area contributed by atoms with Crippen LogP contribution in [0.2, 0.25) is 5.02 Å². The molecular weight excluding hydrogens is 284 g/mol. The largest absolute Gasteiger partial charge is 0.289 e. The number of benzene rings is 1. The smallest absolute Gasteiger partial charge is 0.191 e. The summed E-state index contributed by atoms with van der Waals surface area (Å²) < 4.78 is 0. The topological polar surface area (TPSA) is 17.1 Å². The highest BCUT2D eigenvalue weighted by Crippen LogP contribution is 2.35. The summed E-state index contributed by atoms with van der Waals surface area (Å²) in [5.41, 5.74) is 0.637. The fraction of sp³-hybridized carbons (Fsp3) is 0.200. The Bertz CT molecular complexity index is 400. The van der Waals surface area contributed by atoms with Crippen molar-refractivity contribution < 1.29 is 4.79 Å². The molecule has 0 amide bonds. The van der Waals surface area contributed by atoms with Crippen LogP contribution in [-0.4, -0.2) is 23.7 Å². The standard InChI is InChI=1S/C10H11BrClOS/c1-14(2,11)7-10(13)8-4-3-5-9(12)6-8/h3-7H,1-2H3. The third-order valence-corrected chi connectivity index (χ3v) is 3.07. The molecule has 77 valence electrons. The maximum Gasteiger partial charge on any atom is 0.191 e. The molecule has 1 nitrogen and oxygen atoms in total. The highest BCUT2D eigenvalue weighted by atomic mass is 79.9. The van der Waals surface area contributed by atoms with Gasteiger partial charge in [-0.2, -0.15) is 8.05 Å². The van der Waals surface area contributed by atoms with E-state index >= 15 is 0 Å². The zero-order chi connectivity index (χ0) is 10.8. The van der Waals surface area contributed by atoms with Gasteiger partial charge in [-0.1, -0.05) is 23.7 Å². The van der Waals surface area contributed by atoms with E-state index in [9.17, 15) is 4.79 Å². The molecule has 1 rings (SSSR count). The lowest BCUT2D eigenvalue weighted by Crippen LogP contribution is -2.01. The fourth-order valence-electron chi connectivity index (χ4n) is 0.964. The molecule has 0 spiro atoms. The van der Waals surface area contributed by atoms with Gasteiger partial charge in [-0.3, -0.25) is 4.79 Å². The Balaban J connectivity index is 3.03. The summed E-state index contributed by atoms with van der Waals surface area (Å²) in [5, 5.41) is 2.30. The quantitative estimate of drug-likeness (QED) is 0.600. The van der Waals surface area contributed by atoms with Crippen molar-refractivity contribution in [1.82, 2.24) is 0 Å². The molecule has 1 aromatic rings. The Morgan fingerprint density at radius 3 is 2.64 bits per heavy atom. The van der Waals surface area contributed by atoms with Crippen LogP contribution >= 0.6 is 34.5 Å². The van der Waals surface area contributed by atoms with Gasteiger partial charge in [-0.25, -0.2) is 0 Å². The SMILES string of the molecule is C[S](C)(Br)=CC(=O)c1cccc(Cl)c1. The fourth-order valence-corrected chi connectivity index (χ4v) is 2.31. The van der Waals surface area contributed by atoms with Crippen molar-refractivity contribution in [2.24, 2.45) is 0 Å². The lowest BCUT2D eigenvalue weighted by Gasteiger charge is -2.06. The van der Waals surface area contributed by atoms with E-state index in [1.54, 1.807) is 29.6 Å². The molecule has 0 fully saturated rings. The van der Waals surface area contributed by atoms with Crippen molar-refractivity contribution in [2.45, 2.75) is 0 Å². The van der Waals surface area contributed by atoms with Gasteiger partial charge in [0.25, 0.3) is 0 Å². The Hall–Kier alpha value is -0.120. The number of rotatable bonds is 2. The maximum absolute atomic E-state index is 11.7. The van der Waals surface area contributed by atoms with Crippen molar-refractivity contribution in [1.29, 1.82) is 0 Å². The second-order valence-electron chi connectivity index (χ2n) is 3.27. The summed E-state index contributed by atoms with van der Waals surface area (Å²) in [7, 11) is -1.09. The molecule has 4 heteroatoms. The molecule has 0 aliphatic heterocycles. The van der Waals surface area contributed by atoms with Crippen LogP contribution in [0.1, 0.15) is 10.4 Å². The van der Waals surface area contributed by atoms with E-state index in [2.05, 4.69) is 14.8 Å². The van der Waals surface area contributed by atoms with Gasteiger partial charge < -0.3 is 0 Å². The van der Waals surface area contributed by atoms with Gasteiger partial charge in [0.05, 0.1) is 0 Å². The first-order valence-electron chi connectivity index (χ1n) is 3.96. The van der Waals surface area contributed by atoms with Crippen LogP contribution in [0.3, 0.4) is 0 Å². The van der Waals surface area contributed by atoms with E-state index in [0.29, 0.717) is 10.6 Å². The minimum Gasteiger partial charge on any atom is -0.289 e. The van der Waals surface area contributed by atoms with Crippen LogP contribution in [0.25, 0.3) is 0 Å². The molecule has 1 aromatic carbocycles. The van der Waals surface area contributed by atoms with Crippen molar-refractivity contribution in [3.05, 3.63) is 34.9 Å². The molecule has 0 atom stereocenters. The average Bonchev–Trinajstić information content (AvgIpc) is 2.01. The molecule has 0 aromatic heterocycles. The Morgan fingerprint density at radius 2 is 2.14 bits per heavy atom. The number of ketones is 1. The van der Waals surface area contributed by atoms with E-state index in [-0.39, 0.29) is 5.78 Å². The van der Waals surface area contributed by atoms with Gasteiger partial charge in [-0.05, 0) is 39.5 Å². The normalized spacial score (nSPS) is 11.1. The predicted octanol–water partition coefficient (Wildman–Crippen LogP) is 3.70. The number of Topliss-reactive ketones (excluding diaryl/α,β-unsaturated/α-hetero) is 1. The van der Waals surface area contributed by atoms with E-state index < -0.39 is 8.05 Å². The Kier molecular flexibility index (Phi) is 3.93. The molecule has 0 saturated heterocycles. The van der Waals surface area contributed by atoms with Crippen LogP contribution in [0.4, 0.5) is 0 Å². The van der Waals surface area contributed by atoms with Crippen LogP contribution in [0.15, 0.2) is 24.3 Å². The van der Waals surface area contributed by atoms with E-state index in [0.717, 1.165) is 0 Å². The minimum absolute atomic E-state index is 0.0179. The average molecular weight is 295 g/mol. The maximum atomic E-state index is 11.7. The second-order valence-corrected chi connectivity index (χ2v) is 11.5. The molecule has 0 aliphatic rings. The van der Waals surface area contributed by atoms with Crippen molar-refractivity contribution in [3.63, 3.8) is 0 Å². The third kappa shape index (κ3) is 3.95. The lowest BCUT2D eigenvalue weighted by atomic mass is 10.2. The highest BCUT2D eigenvalue weighted by Gasteiger charge is 2.05. The summed E-state index contributed by atoms with van der Waals surface area (Å²) in [4.78, 5) is 11.7. The second kappa shape index (κ2) is 4.60. The lowest BCUT2D eigenvalue weighted by molar-refractivity contribution is 0.107. The predicted molar refractivity (Wildman–Crippen MR) is 70.2 cm³/mol. The molecule has 0 aliphatic carbocycles. The monoisotopic (exact) mass is 293 g/mol. The van der Waals surface area contributed by atoms with Gasteiger partial charge in [0.1, 0.15) is 0 Å². The zero-order valence-electron chi connectivity index (χ0n) is 7.96. The van der Waals surface area contributed by atoms with Crippen molar-refractivity contribution in [2.75, 3.05) is 12.5 Å². The summed E-state index contributed by atoms with van der Waals surface area (Å²) >= 11 is 9.26. The summed E-state index contributed by atoms with van der Waals surface area (Å²) in [5.74, 6) is 0.0179. The van der Waals surface area contributed by atoms with E-state index in [1.807, 2.05) is 12.5 Å². The highest BCUT2D eigenvalue weighted by molar-refractivity contribution is 9.57. The summed E-state index contributed by atoms with van der Waals surface area (Å²) in [6.45, 7) is 0. The van der Waals surface area contributed by atoms with Gasteiger partial charge in [-0.15, -0.1) is 0 Å². The molecule has 0 heterocycles. The number of hydrogen-bond donors (Lipinski definition) is 0. The molecule has 0 unspecified atom stereocenters. The van der Waals surface area contributed by atoms with Crippen molar-refractivity contribution >= 4 is 45.6 Å². The Labute approximate surface area is 97.6 Å². The Morgan fingerprint density at radius 1 is 1.50 bits per heavy atom. The van der Waals surface area contributed by atoms with Crippen molar-refractivity contribution in [3.8, 4) is 0 Å². The minimum atomic E-state index is -1.09. The third-order valence-electron chi connectivity index (χ3n) is 1.50. The van der Waals surface area contributed by atoms with Gasteiger partial charge in [0.2, 0.25) is 0 Å². The van der Waals surface area contributed by atoms with Gasteiger partial charge in [0.15, 0.2) is 5.78 Å². The summed E-state index contributed by atoms with van der Waals surface area (Å²) in [6.07, 6.45) is 3.99. The molecule has 0 N–H and O–H groups in total. The van der Waals surface area contributed by atoms with Gasteiger partial charge in [0, 0.05) is 16.0 Å². The van der Waals surface area contributed by atoms with Crippen LogP contribution in [0, 0.1) is 0 Å². The molecule has 0 bridgehead atoms. The number of halogens is 2. The number of hydrogen-bond acceptors (Lipinski definition) is 1. The first-order valence-corrected chi connectivity index (χ1v) is 8.69. The molecular formula is C10H11BrClOS. The zero-order valence-corrected chi connectivity index (χ0v) is 11.1. The van der Waals surface area contributed by atoms with E-state index in [1.165, 1.54) is 0 Å². The summed E-state index contributed by atoms with van der Waals surface area (Å²) in [6, 6.07) is 6.98. The van der Waals surface area contributed by atoms with Crippen LogP contribution in [-0.2, 0) is 0 Å². The van der Waals surface area contributed by atoms with Crippen LogP contribution < -0.4 is 0 Å². The number of carbonyl (C=O) groups excluding carboxylic acids is 1. The van der Waals surface area contributed by atoms with Gasteiger partial charge >= 0.3 is 0 Å².